The SMILES string of the molecule is C#CCOc1cc(I)ccc1C. The molecule has 0 atom stereocenters. The standard InChI is InChI=1S/C10H9IO/c1-3-6-12-10-7-9(11)5-4-8(10)2/h1,4-5,7H,6H2,2H3. The van der Waals surface area contributed by atoms with Crippen molar-refractivity contribution >= 4 is 22.6 Å². The second kappa shape index (κ2) is 4.36. The molecule has 0 spiro atoms. The lowest BCUT2D eigenvalue weighted by molar-refractivity contribution is 0.367. The molecule has 0 N–H and O–H groups in total. The molecule has 0 saturated heterocycles. The Kier molecular flexibility index (Phi) is 3.42. The number of hydrogen-bond donors (Lipinski definition) is 0. The highest BCUT2D eigenvalue weighted by Gasteiger charge is 1.98. The number of terminal acetylenes is 1. The predicted molar refractivity (Wildman–Crippen MR) is 58.2 cm³/mol. The maximum absolute atomic E-state index is 5.33. The van der Waals surface area contributed by atoms with E-state index < -0.39 is 0 Å². The zero-order valence-corrected chi connectivity index (χ0v) is 8.96. The van der Waals surface area contributed by atoms with E-state index in [9.17, 15) is 0 Å². The average molecular weight is 272 g/mol. The molecule has 0 aliphatic heterocycles. The molecule has 0 aliphatic rings. The summed E-state index contributed by atoms with van der Waals surface area (Å²) in [6.07, 6.45) is 5.09. The Bertz CT molecular complexity index is 312. The van der Waals surface area contributed by atoms with Gasteiger partial charge < -0.3 is 4.74 Å². The van der Waals surface area contributed by atoms with Crippen molar-refractivity contribution in [1.82, 2.24) is 0 Å². The first-order chi connectivity index (χ1) is 5.74. The van der Waals surface area contributed by atoms with Gasteiger partial charge in [0.1, 0.15) is 12.4 Å². The highest BCUT2D eigenvalue weighted by molar-refractivity contribution is 14.1. The topological polar surface area (TPSA) is 9.23 Å². The monoisotopic (exact) mass is 272 g/mol. The molecule has 0 aromatic heterocycles. The Labute approximate surface area is 86.3 Å². The quantitative estimate of drug-likeness (QED) is 0.594. The van der Waals surface area contributed by atoms with Gasteiger partial charge in [0.15, 0.2) is 0 Å². The minimum Gasteiger partial charge on any atom is -0.481 e. The van der Waals surface area contributed by atoms with Gasteiger partial charge in [-0.3, -0.25) is 0 Å². The van der Waals surface area contributed by atoms with Crippen molar-refractivity contribution < 1.29 is 4.74 Å². The Morgan fingerprint density at radius 2 is 2.33 bits per heavy atom. The van der Waals surface area contributed by atoms with Crippen molar-refractivity contribution in [3.63, 3.8) is 0 Å². The number of halogens is 1. The molecule has 0 radical (unpaired) electrons. The van der Waals surface area contributed by atoms with Crippen LogP contribution >= 0.6 is 22.6 Å². The predicted octanol–water partition coefficient (Wildman–Crippen LogP) is 2.61. The fourth-order valence-corrected chi connectivity index (χ4v) is 1.31. The van der Waals surface area contributed by atoms with Crippen LogP contribution in [0.2, 0.25) is 0 Å². The van der Waals surface area contributed by atoms with Gasteiger partial charge in [-0.1, -0.05) is 12.0 Å². The van der Waals surface area contributed by atoms with E-state index in [1.165, 1.54) is 0 Å². The minimum absolute atomic E-state index is 0.334. The van der Waals surface area contributed by atoms with E-state index in [4.69, 9.17) is 11.2 Å². The van der Waals surface area contributed by atoms with Crippen LogP contribution in [0.4, 0.5) is 0 Å². The third-order valence-corrected chi connectivity index (χ3v) is 2.13. The summed E-state index contributed by atoms with van der Waals surface area (Å²) in [7, 11) is 0. The Hall–Kier alpha value is -0.690. The summed E-state index contributed by atoms with van der Waals surface area (Å²) in [6, 6.07) is 6.04. The molecule has 0 aliphatic carbocycles. The first-order valence-electron chi connectivity index (χ1n) is 3.56. The molecular weight excluding hydrogens is 263 g/mol. The molecule has 1 nitrogen and oxygen atoms in total. The van der Waals surface area contributed by atoms with Gasteiger partial charge in [-0.25, -0.2) is 0 Å². The zero-order chi connectivity index (χ0) is 8.97. The molecule has 1 rings (SSSR count). The lowest BCUT2D eigenvalue weighted by atomic mass is 10.2. The highest BCUT2D eigenvalue weighted by Crippen LogP contribution is 2.20. The van der Waals surface area contributed by atoms with Crippen molar-refractivity contribution in [2.24, 2.45) is 0 Å². The first kappa shape index (κ1) is 9.40. The smallest absolute Gasteiger partial charge is 0.148 e. The summed E-state index contributed by atoms with van der Waals surface area (Å²) in [5.74, 6) is 3.31. The van der Waals surface area contributed by atoms with Crippen LogP contribution in [0.3, 0.4) is 0 Å². The molecule has 1 aromatic carbocycles. The molecule has 2 heteroatoms. The van der Waals surface area contributed by atoms with Gasteiger partial charge in [0.2, 0.25) is 0 Å². The summed E-state index contributed by atoms with van der Waals surface area (Å²) in [6.45, 7) is 2.34. The van der Waals surface area contributed by atoms with Gasteiger partial charge >= 0.3 is 0 Å². The van der Waals surface area contributed by atoms with Gasteiger partial charge in [0.25, 0.3) is 0 Å². The molecule has 1 aromatic rings. The summed E-state index contributed by atoms with van der Waals surface area (Å²) in [5, 5.41) is 0. The van der Waals surface area contributed by atoms with E-state index >= 15 is 0 Å². The van der Waals surface area contributed by atoms with Crippen molar-refractivity contribution in [2.45, 2.75) is 6.92 Å². The third-order valence-electron chi connectivity index (χ3n) is 1.46. The van der Waals surface area contributed by atoms with E-state index in [2.05, 4.69) is 28.5 Å². The molecule has 0 fully saturated rings. The summed E-state index contributed by atoms with van der Waals surface area (Å²) >= 11 is 2.24. The third kappa shape index (κ3) is 2.42. The van der Waals surface area contributed by atoms with Gasteiger partial charge in [0.05, 0.1) is 0 Å². The van der Waals surface area contributed by atoms with Crippen LogP contribution in [0.15, 0.2) is 18.2 Å². The maximum Gasteiger partial charge on any atom is 0.148 e. The van der Waals surface area contributed by atoms with Crippen molar-refractivity contribution in [2.75, 3.05) is 6.61 Å². The number of hydrogen-bond acceptors (Lipinski definition) is 1. The maximum atomic E-state index is 5.33. The van der Waals surface area contributed by atoms with E-state index in [0.717, 1.165) is 14.9 Å². The number of benzene rings is 1. The highest BCUT2D eigenvalue weighted by atomic mass is 127. The zero-order valence-electron chi connectivity index (χ0n) is 6.80. The Morgan fingerprint density at radius 1 is 1.58 bits per heavy atom. The minimum atomic E-state index is 0.334. The molecule has 0 unspecified atom stereocenters. The summed E-state index contributed by atoms with van der Waals surface area (Å²) < 4.78 is 6.48. The van der Waals surface area contributed by atoms with Crippen LogP contribution in [0, 0.1) is 22.8 Å². The number of rotatable bonds is 2. The molecule has 62 valence electrons. The Balaban J connectivity index is 2.84. The van der Waals surface area contributed by atoms with Crippen molar-refractivity contribution in [1.29, 1.82) is 0 Å². The van der Waals surface area contributed by atoms with Gasteiger partial charge in [-0.15, -0.1) is 6.42 Å². The van der Waals surface area contributed by atoms with Crippen LogP contribution < -0.4 is 4.74 Å². The lowest BCUT2D eigenvalue weighted by Crippen LogP contribution is -1.95. The van der Waals surface area contributed by atoms with Gasteiger partial charge in [-0.2, -0.15) is 0 Å². The van der Waals surface area contributed by atoms with Gasteiger partial charge in [0, 0.05) is 3.57 Å². The fourth-order valence-electron chi connectivity index (χ4n) is 0.849. The van der Waals surface area contributed by atoms with Gasteiger partial charge in [-0.05, 0) is 47.2 Å². The largest absolute Gasteiger partial charge is 0.481 e. The molecule has 0 amide bonds. The van der Waals surface area contributed by atoms with E-state index in [0.29, 0.717) is 6.61 Å². The molecule has 12 heavy (non-hydrogen) atoms. The van der Waals surface area contributed by atoms with Crippen LogP contribution in [0.1, 0.15) is 5.56 Å². The second-order valence-electron chi connectivity index (χ2n) is 2.40. The molecule has 0 bridgehead atoms. The van der Waals surface area contributed by atoms with Crippen LogP contribution in [-0.4, -0.2) is 6.61 Å². The normalized spacial score (nSPS) is 9.08. The first-order valence-corrected chi connectivity index (χ1v) is 4.64. The lowest BCUT2D eigenvalue weighted by Gasteiger charge is -2.05. The van der Waals surface area contributed by atoms with Crippen molar-refractivity contribution in [3.8, 4) is 18.1 Å². The summed E-state index contributed by atoms with van der Waals surface area (Å²) in [4.78, 5) is 0. The average Bonchev–Trinajstić information content (AvgIpc) is 2.07. The van der Waals surface area contributed by atoms with E-state index in [1.807, 2.05) is 25.1 Å². The van der Waals surface area contributed by atoms with Crippen LogP contribution in [0.5, 0.6) is 5.75 Å². The van der Waals surface area contributed by atoms with Crippen LogP contribution in [-0.2, 0) is 0 Å². The van der Waals surface area contributed by atoms with E-state index in [1.54, 1.807) is 0 Å². The molecule has 0 saturated carbocycles. The van der Waals surface area contributed by atoms with Crippen molar-refractivity contribution in [3.05, 3.63) is 27.3 Å². The molecular formula is C10H9IO. The molecule has 0 heterocycles. The summed E-state index contributed by atoms with van der Waals surface area (Å²) in [5.41, 5.74) is 1.12. The van der Waals surface area contributed by atoms with E-state index in [-0.39, 0.29) is 0 Å². The fraction of sp³-hybridized carbons (Fsp3) is 0.200. The second-order valence-corrected chi connectivity index (χ2v) is 3.65. The number of ether oxygens (including phenoxy) is 1. The Morgan fingerprint density at radius 3 is 3.00 bits per heavy atom. The van der Waals surface area contributed by atoms with Crippen LogP contribution in [0.25, 0.3) is 0 Å². The number of aryl methyl sites for hydroxylation is 1.